The molecule has 0 spiro atoms. The van der Waals surface area contributed by atoms with Crippen LogP contribution in [0.2, 0.25) is 0 Å². The van der Waals surface area contributed by atoms with Crippen LogP contribution in [-0.2, 0) is 0 Å². The van der Waals surface area contributed by atoms with Crippen molar-refractivity contribution in [3.63, 3.8) is 0 Å². The van der Waals surface area contributed by atoms with Crippen molar-refractivity contribution in [2.24, 2.45) is 0 Å². The van der Waals surface area contributed by atoms with E-state index in [9.17, 15) is 9.18 Å². The smallest absolute Gasteiger partial charge is 0.278 e. The molecule has 7 nitrogen and oxygen atoms in total. The fourth-order valence-corrected chi connectivity index (χ4v) is 3.30. The zero-order chi connectivity index (χ0) is 19.5. The molecule has 1 fully saturated rings. The van der Waals surface area contributed by atoms with Gasteiger partial charge in [-0.3, -0.25) is 4.79 Å². The van der Waals surface area contributed by atoms with Crippen molar-refractivity contribution < 1.29 is 9.18 Å². The molecule has 8 heteroatoms. The summed E-state index contributed by atoms with van der Waals surface area (Å²) in [6.07, 6.45) is 0. The van der Waals surface area contributed by atoms with E-state index < -0.39 is 5.82 Å². The van der Waals surface area contributed by atoms with Crippen LogP contribution in [-0.4, -0.2) is 52.4 Å². The Kier molecular flexibility index (Phi) is 4.92. The second kappa shape index (κ2) is 7.67. The molecule has 0 saturated carbocycles. The maximum Gasteiger partial charge on any atom is 0.278 e. The minimum atomic E-state index is -0.421. The average Bonchev–Trinajstić information content (AvgIpc) is 3.17. The molecule has 0 aliphatic carbocycles. The van der Waals surface area contributed by atoms with Crippen LogP contribution in [0.4, 0.5) is 21.6 Å². The second-order valence-corrected chi connectivity index (χ2v) is 6.74. The zero-order valence-electron chi connectivity index (χ0n) is 15.5. The molecule has 2 N–H and O–H groups in total. The highest BCUT2D eigenvalue weighted by atomic mass is 19.1. The molecule has 1 saturated heterocycles. The number of nitrogens with one attached hydrogen (secondary N) is 2. The van der Waals surface area contributed by atoms with Gasteiger partial charge in [0, 0.05) is 31.9 Å². The first-order valence-electron chi connectivity index (χ1n) is 9.15. The van der Waals surface area contributed by atoms with Gasteiger partial charge < -0.3 is 15.1 Å². The van der Waals surface area contributed by atoms with Gasteiger partial charge in [0.15, 0.2) is 11.5 Å². The summed E-state index contributed by atoms with van der Waals surface area (Å²) in [7, 11) is 0. The lowest BCUT2D eigenvalue weighted by Crippen LogP contribution is -2.49. The number of H-pyrrole nitrogens is 1. The van der Waals surface area contributed by atoms with Crippen LogP contribution in [0, 0.1) is 12.7 Å². The number of para-hydroxylation sites is 1. The van der Waals surface area contributed by atoms with Gasteiger partial charge >= 0.3 is 0 Å². The van der Waals surface area contributed by atoms with Crippen molar-refractivity contribution in [3.8, 4) is 0 Å². The van der Waals surface area contributed by atoms with Crippen LogP contribution < -0.4 is 10.2 Å². The summed E-state index contributed by atoms with van der Waals surface area (Å²) in [5.41, 5.74) is 2.78. The molecule has 2 aromatic carbocycles. The molecule has 144 valence electrons. The molecule has 1 amide bonds. The number of anilines is 3. The summed E-state index contributed by atoms with van der Waals surface area (Å²) in [5.74, 6) is -0.427. The van der Waals surface area contributed by atoms with E-state index in [2.05, 4.69) is 50.8 Å². The Hall–Kier alpha value is -3.42. The third-order valence-corrected chi connectivity index (χ3v) is 4.81. The SMILES string of the molecule is Cc1cccc(N2CCN(C(=O)c3n[nH]nc3Nc3ccccc3F)CC2)c1. The van der Waals surface area contributed by atoms with Crippen LogP contribution in [0.15, 0.2) is 48.5 Å². The number of piperazine rings is 1. The lowest BCUT2D eigenvalue weighted by Gasteiger charge is -2.36. The topological polar surface area (TPSA) is 77.2 Å². The third kappa shape index (κ3) is 3.66. The van der Waals surface area contributed by atoms with Crippen molar-refractivity contribution in [3.05, 3.63) is 65.6 Å². The number of amides is 1. The van der Waals surface area contributed by atoms with Gasteiger partial charge in [-0.05, 0) is 36.8 Å². The van der Waals surface area contributed by atoms with E-state index in [1.165, 1.54) is 11.6 Å². The van der Waals surface area contributed by atoms with Gasteiger partial charge in [0.1, 0.15) is 5.82 Å². The van der Waals surface area contributed by atoms with Gasteiger partial charge in [-0.1, -0.05) is 24.3 Å². The van der Waals surface area contributed by atoms with Crippen LogP contribution >= 0.6 is 0 Å². The van der Waals surface area contributed by atoms with E-state index in [0.29, 0.717) is 13.1 Å². The minimum absolute atomic E-state index is 0.159. The van der Waals surface area contributed by atoms with Crippen molar-refractivity contribution in [2.75, 3.05) is 36.4 Å². The number of aromatic amines is 1. The first-order chi connectivity index (χ1) is 13.6. The Balaban J connectivity index is 1.44. The normalized spacial score (nSPS) is 14.2. The number of hydrogen-bond donors (Lipinski definition) is 2. The Labute approximate surface area is 162 Å². The Bertz CT molecular complexity index is 980. The van der Waals surface area contributed by atoms with Crippen molar-refractivity contribution >= 4 is 23.1 Å². The predicted octanol–water partition coefficient (Wildman–Crippen LogP) is 2.96. The molecule has 4 rings (SSSR count). The number of nitrogens with zero attached hydrogens (tertiary/aromatic N) is 4. The lowest BCUT2D eigenvalue weighted by molar-refractivity contribution is 0.0742. The van der Waals surface area contributed by atoms with E-state index >= 15 is 0 Å². The fraction of sp³-hybridized carbons (Fsp3) is 0.250. The van der Waals surface area contributed by atoms with Gasteiger partial charge in [-0.25, -0.2) is 4.39 Å². The summed E-state index contributed by atoms with van der Waals surface area (Å²) < 4.78 is 13.9. The molecular formula is C20H21FN6O. The number of aromatic nitrogens is 3. The summed E-state index contributed by atoms with van der Waals surface area (Å²) >= 11 is 0. The average molecular weight is 380 g/mol. The largest absolute Gasteiger partial charge is 0.368 e. The standard InChI is InChI=1S/C20H21FN6O/c1-14-5-4-6-15(13-14)26-9-11-27(12-10-26)20(28)18-19(24-25-23-18)22-17-8-3-2-7-16(17)21/h2-8,13H,9-12H2,1H3,(H2,22,23,24,25). The first-order valence-corrected chi connectivity index (χ1v) is 9.15. The molecule has 1 aromatic heterocycles. The number of hydrogen-bond acceptors (Lipinski definition) is 5. The maximum absolute atomic E-state index is 13.9. The highest BCUT2D eigenvalue weighted by Gasteiger charge is 2.27. The predicted molar refractivity (Wildman–Crippen MR) is 105 cm³/mol. The lowest BCUT2D eigenvalue weighted by atomic mass is 10.2. The van der Waals surface area contributed by atoms with Gasteiger partial charge in [-0.15, -0.1) is 10.2 Å². The van der Waals surface area contributed by atoms with Crippen LogP contribution in [0.25, 0.3) is 0 Å². The Morgan fingerprint density at radius 3 is 2.61 bits per heavy atom. The van der Waals surface area contributed by atoms with Crippen molar-refractivity contribution in [1.29, 1.82) is 0 Å². The van der Waals surface area contributed by atoms with E-state index in [4.69, 9.17) is 0 Å². The van der Waals surface area contributed by atoms with Crippen LogP contribution in [0.3, 0.4) is 0 Å². The number of benzene rings is 2. The highest BCUT2D eigenvalue weighted by Crippen LogP contribution is 2.22. The minimum Gasteiger partial charge on any atom is -0.368 e. The summed E-state index contributed by atoms with van der Waals surface area (Å²) in [6, 6.07) is 14.6. The highest BCUT2D eigenvalue weighted by molar-refractivity contribution is 5.97. The monoisotopic (exact) mass is 380 g/mol. The van der Waals surface area contributed by atoms with Gasteiger partial charge in [0.25, 0.3) is 5.91 Å². The third-order valence-electron chi connectivity index (χ3n) is 4.81. The molecule has 1 aliphatic heterocycles. The summed E-state index contributed by atoms with van der Waals surface area (Å²) in [6.45, 7) is 4.71. The number of rotatable bonds is 4. The Morgan fingerprint density at radius 1 is 1.07 bits per heavy atom. The molecule has 1 aliphatic rings. The van der Waals surface area contributed by atoms with Crippen molar-refractivity contribution in [2.45, 2.75) is 6.92 Å². The van der Waals surface area contributed by atoms with Gasteiger partial charge in [0.05, 0.1) is 5.69 Å². The quantitative estimate of drug-likeness (QED) is 0.728. The van der Waals surface area contributed by atoms with E-state index in [1.54, 1.807) is 23.1 Å². The number of carbonyl (C=O) groups is 1. The number of carbonyl (C=O) groups excluding carboxylic acids is 1. The molecule has 28 heavy (non-hydrogen) atoms. The molecule has 0 radical (unpaired) electrons. The maximum atomic E-state index is 13.9. The molecular weight excluding hydrogens is 359 g/mol. The van der Waals surface area contributed by atoms with Crippen LogP contribution in [0.5, 0.6) is 0 Å². The van der Waals surface area contributed by atoms with E-state index in [0.717, 1.165) is 18.8 Å². The molecule has 0 atom stereocenters. The molecule has 0 bridgehead atoms. The second-order valence-electron chi connectivity index (χ2n) is 6.74. The zero-order valence-corrected chi connectivity index (χ0v) is 15.5. The summed E-state index contributed by atoms with van der Waals surface area (Å²) in [5, 5.41) is 13.2. The Morgan fingerprint density at radius 2 is 1.86 bits per heavy atom. The molecule has 0 unspecified atom stereocenters. The fourth-order valence-electron chi connectivity index (χ4n) is 3.30. The van der Waals surface area contributed by atoms with Gasteiger partial charge in [0.2, 0.25) is 0 Å². The van der Waals surface area contributed by atoms with E-state index in [1.807, 2.05) is 6.07 Å². The van der Waals surface area contributed by atoms with Gasteiger partial charge in [-0.2, -0.15) is 5.21 Å². The number of aryl methyl sites for hydroxylation is 1. The summed E-state index contributed by atoms with van der Waals surface area (Å²) in [4.78, 5) is 16.9. The molecule has 2 heterocycles. The van der Waals surface area contributed by atoms with Crippen LogP contribution in [0.1, 0.15) is 16.1 Å². The van der Waals surface area contributed by atoms with E-state index in [-0.39, 0.29) is 23.1 Å². The molecule has 3 aromatic rings. The van der Waals surface area contributed by atoms with Crippen molar-refractivity contribution in [1.82, 2.24) is 20.3 Å². The number of halogens is 1. The first kappa shape index (κ1) is 18.0.